The Morgan fingerprint density at radius 1 is 0.340 bits per heavy atom. The summed E-state index contributed by atoms with van der Waals surface area (Å²) in [6, 6.07) is 48.8. The average Bonchev–Trinajstić information content (AvgIpc) is 3.61. The first-order chi connectivity index (χ1) is 26.3. The molecule has 2 aromatic heterocycles. The van der Waals surface area contributed by atoms with Gasteiger partial charge >= 0.3 is 0 Å². The molecule has 0 radical (unpaired) electrons. The third kappa shape index (κ3) is 8.13. The summed E-state index contributed by atoms with van der Waals surface area (Å²) in [4.78, 5) is 4.23. The van der Waals surface area contributed by atoms with Crippen LogP contribution >= 0.6 is 0 Å². The maximum atomic E-state index is 4.23. The van der Waals surface area contributed by atoms with Gasteiger partial charge in [-0.25, -0.2) is 0 Å². The van der Waals surface area contributed by atoms with Crippen LogP contribution in [0.15, 0.2) is 146 Å². The van der Waals surface area contributed by atoms with Gasteiger partial charge in [0, 0.05) is 28.9 Å². The topological polar surface area (TPSA) is 17.8 Å². The van der Waals surface area contributed by atoms with Crippen LogP contribution in [0, 0.1) is 0 Å². The Labute approximate surface area is 319 Å². The van der Waals surface area contributed by atoms with Gasteiger partial charge < -0.3 is 4.57 Å². The number of pyridine rings is 1. The molecular formula is C51H60N2. The quantitative estimate of drug-likeness (QED) is 0.168. The third-order valence-electron chi connectivity index (χ3n) is 8.67. The zero-order valence-corrected chi connectivity index (χ0v) is 34.3. The van der Waals surface area contributed by atoms with Crippen molar-refractivity contribution in [1.82, 2.24) is 9.55 Å². The number of nitrogens with zero attached hydrogens (tertiary/aromatic N) is 2. The van der Waals surface area contributed by atoms with E-state index in [1.54, 1.807) is 0 Å². The van der Waals surface area contributed by atoms with Crippen LogP contribution in [0.4, 0.5) is 0 Å². The minimum absolute atomic E-state index is 1.17. The predicted molar refractivity (Wildman–Crippen MR) is 241 cm³/mol. The second-order valence-corrected chi connectivity index (χ2v) is 10.8. The van der Waals surface area contributed by atoms with Gasteiger partial charge in [-0.1, -0.05) is 180 Å². The summed E-state index contributed by atoms with van der Waals surface area (Å²) in [7, 11) is 0. The van der Waals surface area contributed by atoms with Crippen LogP contribution in [0.2, 0.25) is 0 Å². The minimum Gasteiger partial charge on any atom is -0.309 e. The molecule has 7 aromatic carbocycles. The lowest BCUT2D eigenvalue weighted by atomic mass is 9.87. The van der Waals surface area contributed by atoms with E-state index in [0.29, 0.717) is 0 Å². The fraction of sp³-hybridized carbons (Fsp3) is 0.235. The number of para-hydroxylation sites is 2. The summed E-state index contributed by atoms with van der Waals surface area (Å²) in [5.74, 6) is 0. The van der Waals surface area contributed by atoms with Crippen molar-refractivity contribution in [2.75, 3.05) is 0 Å². The number of benzene rings is 7. The fourth-order valence-electron chi connectivity index (χ4n) is 6.83. The van der Waals surface area contributed by atoms with Gasteiger partial charge in [0.2, 0.25) is 0 Å². The smallest absolute Gasteiger partial charge is 0.0541 e. The van der Waals surface area contributed by atoms with Gasteiger partial charge in [-0.2, -0.15) is 0 Å². The van der Waals surface area contributed by atoms with Gasteiger partial charge in [0.25, 0.3) is 0 Å². The molecular weight excluding hydrogens is 641 g/mol. The highest BCUT2D eigenvalue weighted by atomic mass is 15.0. The first kappa shape index (κ1) is 41.9. The molecule has 0 aliphatic rings. The number of hydrogen-bond acceptors (Lipinski definition) is 1. The summed E-state index contributed by atoms with van der Waals surface area (Å²) in [5, 5.41) is 10.3. The van der Waals surface area contributed by atoms with Gasteiger partial charge in [0.05, 0.1) is 11.0 Å². The second-order valence-electron chi connectivity index (χ2n) is 10.8. The van der Waals surface area contributed by atoms with Gasteiger partial charge in [-0.15, -0.1) is 0 Å². The summed E-state index contributed by atoms with van der Waals surface area (Å²) in [5.41, 5.74) is 8.56. The summed E-state index contributed by atoms with van der Waals surface area (Å²) < 4.78 is 2.37. The van der Waals surface area contributed by atoms with Crippen LogP contribution in [0.3, 0.4) is 0 Å². The molecule has 0 spiro atoms. The molecule has 0 unspecified atom stereocenters. The number of hydrogen-bond donors (Lipinski definition) is 0. The highest BCUT2D eigenvalue weighted by molar-refractivity contribution is 6.27. The molecule has 53 heavy (non-hydrogen) atoms. The molecule has 0 bridgehead atoms. The molecule has 0 fully saturated rings. The Morgan fingerprint density at radius 3 is 1.15 bits per heavy atom. The molecule has 0 saturated carbocycles. The zero-order valence-electron chi connectivity index (χ0n) is 34.3. The number of aromatic nitrogens is 2. The van der Waals surface area contributed by atoms with E-state index in [2.05, 4.69) is 143 Å². The van der Waals surface area contributed by atoms with Gasteiger partial charge in [0.1, 0.15) is 0 Å². The summed E-state index contributed by atoms with van der Waals surface area (Å²) >= 11 is 0. The lowest BCUT2D eigenvalue weighted by molar-refractivity contribution is 1.18. The standard InChI is InChI=1S/C39H24N2.6C2H6/c1-3-7-36-32(5-1)33-6-2-4-8-37(33)41(36)29-15-9-25(10-16-29)30-17-11-27-14-20-35-31(26-21-23-40-24-22-26)18-12-28-13-19-34(30)38(27)39(28)35;6*1-2/h1-24H;6*1-2H3. The van der Waals surface area contributed by atoms with Crippen LogP contribution in [0.5, 0.6) is 0 Å². The molecule has 0 aliphatic heterocycles. The first-order valence-electron chi connectivity index (χ1n) is 20.1. The number of fused-ring (bicyclic) bond motifs is 3. The third-order valence-corrected chi connectivity index (χ3v) is 8.67. The van der Waals surface area contributed by atoms with E-state index >= 15 is 0 Å². The molecule has 2 nitrogen and oxygen atoms in total. The van der Waals surface area contributed by atoms with Gasteiger partial charge in [-0.05, 0) is 91.0 Å². The number of rotatable bonds is 3. The van der Waals surface area contributed by atoms with E-state index in [-0.39, 0.29) is 0 Å². The van der Waals surface area contributed by atoms with E-state index in [1.165, 1.54) is 82.1 Å². The van der Waals surface area contributed by atoms with Crippen LogP contribution in [0.25, 0.3) is 82.1 Å². The zero-order chi connectivity index (χ0) is 38.9. The molecule has 9 rings (SSSR count). The Bertz CT molecular complexity index is 2340. The fourth-order valence-corrected chi connectivity index (χ4v) is 6.83. The van der Waals surface area contributed by atoms with E-state index in [1.807, 2.05) is 95.5 Å². The molecule has 0 N–H and O–H groups in total. The largest absolute Gasteiger partial charge is 0.309 e. The van der Waals surface area contributed by atoms with Crippen molar-refractivity contribution in [2.24, 2.45) is 0 Å². The van der Waals surface area contributed by atoms with Crippen molar-refractivity contribution in [1.29, 1.82) is 0 Å². The van der Waals surface area contributed by atoms with E-state index in [9.17, 15) is 0 Å². The minimum atomic E-state index is 1.17. The monoisotopic (exact) mass is 700 g/mol. The van der Waals surface area contributed by atoms with Crippen molar-refractivity contribution in [3.63, 3.8) is 0 Å². The van der Waals surface area contributed by atoms with Crippen molar-refractivity contribution in [2.45, 2.75) is 83.1 Å². The maximum Gasteiger partial charge on any atom is 0.0541 e. The van der Waals surface area contributed by atoms with Crippen molar-refractivity contribution in [3.05, 3.63) is 146 Å². The SMILES string of the molecule is CC.CC.CC.CC.CC.CC.c1ccc2c(c1)c1ccccc1n2-c1ccc(-c2ccc3ccc4c(-c5ccncc5)ccc5ccc2c3c54)cc1. The van der Waals surface area contributed by atoms with E-state index in [0.717, 1.165) is 0 Å². The Kier molecular flexibility index (Phi) is 16.7. The second kappa shape index (κ2) is 21.2. The molecule has 9 aromatic rings. The Morgan fingerprint density at radius 2 is 0.717 bits per heavy atom. The lowest BCUT2D eigenvalue weighted by Crippen LogP contribution is -1.94. The first-order valence-corrected chi connectivity index (χ1v) is 20.1. The van der Waals surface area contributed by atoms with Crippen LogP contribution in [0.1, 0.15) is 83.1 Å². The van der Waals surface area contributed by atoms with Crippen molar-refractivity contribution >= 4 is 54.1 Å². The normalized spacial score (nSPS) is 9.89. The van der Waals surface area contributed by atoms with Crippen LogP contribution in [-0.2, 0) is 0 Å². The Balaban J connectivity index is 0.000000578. The molecule has 2 heterocycles. The molecule has 274 valence electrons. The highest BCUT2D eigenvalue weighted by Crippen LogP contribution is 2.42. The molecule has 0 atom stereocenters. The van der Waals surface area contributed by atoms with E-state index in [4.69, 9.17) is 0 Å². The summed E-state index contributed by atoms with van der Waals surface area (Å²) in [6.45, 7) is 24.0. The molecule has 0 aliphatic carbocycles. The van der Waals surface area contributed by atoms with Crippen LogP contribution in [-0.4, -0.2) is 9.55 Å². The Hall–Kier alpha value is -5.47. The van der Waals surface area contributed by atoms with Crippen molar-refractivity contribution in [3.8, 4) is 27.9 Å². The lowest BCUT2D eigenvalue weighted by Gasteiger charge is -2.17. The maximum absolute atomic E-state index is 4.23. The molecule has 0 saturated heterocycles. The predicted octanol–water partition coefficient (Wildman–Crippen LogP) is 16.6. The highest BCUT2D eigenvalue weighted by Gasteiger charge is 2.16. The summed E-state index contributed by atoms with van der Waals surface area (Å²) in [6.07, 6.45) is 3.74. The van der Waals surface area contributed by atoms with E-state index < -0.39 is 0 Å². The van der Waals surface area contributed by atoms with Crippen LogP contribution < -0.4 is 0 Å². The molecule has 2 heteroatoms. The molecule has 0 amide bonds. The van der Waals surface area contributed by atoms with Gasteiger partial charge in [-0.3, -0.25) is 4.98 Å². The van der Waals surface area contributed by atoms with Crippen molar-refractivity contribution < 1.29 is 0 Å². The average molecular weight is 701 g/mol. The van der Waals surface area contributed by atoms with Gasteiger partial charge in [0.15, 0.2) is 0 Å².